The van der Waals surface area contributed by atoms with Gasteiger partial charge < -0.3 is 10.2 Å². The Labute approximate surface area is 181 Å². The molecule has 7 nitrogen and oxygen atoms in total. The summed E-state index contributed by atoms with van der Waals surface area (Å²) in [7, 11) is 0. The molecule has 3 aliphatic carbocycles. The van der Waals surface area contributed by atoms with Crippen LogP contribution in [0.2, 0.25) is 0 Å². The van der Waals surface area contributed by atoms with Crippen LogP contribution >= 0.6 is 0 Å². The lowest BCUT2D eigenvalue weighted by Gasteiger charge is -2.42. The zero-order valence-corrected chi connectivity index (χ0v) is 18.8. The highest BCUT2D eigenvalue weighted by Crippen LogP contribution is 2.42. The van der Waals surface area contributed by atoms with Crippen molar-refractivity contribution in [3.05, 3.63) is 0 Å². The van der Waals surface area contributed by atoms with Gasteiger partial charge in [0.15, 0.2) is 6.17 Å². The third-order valence-corrected chi connectivity index (χ3v) is 7.97. The summed E-state index contributed by atoms with van der Waals surface area (Å²) in [5.74, 6) is 0. The summed E-state index contributed by atoms with van der Waals surface area (Å²) in [6, 6.07) is -0.0252. The minimum atomic E-state index is -0.655. The lowest BCUT2D eigenvalue weighted by Crippen LogP contribution is -2.61. The van der Waals surface area contributed by atoms with Gasteiger partial charge in [-0.1, -0.05) is 51.4 Å². The van der Waals surface area contributed by atoms with E-state index < -0.39 is 17.7 Å². The second-order valence-electron chi connectivity index (χ2n) is 10.4. The summed E-state index contributed by atoms with van der Waals surface area (Å²) in [4.78, 5) is 30.6. The Kier molecular flexibility index (Phi) is 6.47. The summed E-state index contributed by atoms with van der Waals surface area (Å²) in [5.41, 5.74) is -0.637. The summed E-state index contributed by atoms with van der Waals surface area (Å²) in [5, 5.41) is 15.1. The molecule has 4 fully saturated rings. The van der Waals surface area contributed by atoms with E-state index in [1.54, 1.807) is 0 Å². The van der Waals surface area contributed by atoms with Gasteiger partial charge in [0.1, 0.15) is 0 Å². The Morgan fingerprint density at radius 1 is 0.900 bits per heavy atom. The Bertz CT molecular complexity index is 622. The first kappa shape index (κ1) is 21.7. The summed E-state index contributed by atoms with van der Waals surface area (Å²) >= 11 is 0. The molecule has 4 rings (SSSR count). The Morgan fingerprint density at radius 2 is 1.40 bits per heavy atom. The van der Waals surface area contributed by atoms with Crippen LogP contribution in [0.25, 0.3) is 0 Å². The van der Waals surface area contributed by atoms with Crippen LogP contribution in [0.5, 0.6) is 0 Å². The molecule has 0 aromatic heterocycles. The fourth-order valence-electron chi connectivity index (χ4n) is 6.46. The van der Waals surface area contributed by atoms with Crippen LogP contribution in [0, 0.1) is 0 Å². The van der Waals surface area contributed by atoms with Gasteiger partial charge in [-0.15, -0.1) is 0 Å². The summed E-state index contributed by atoms with van der Waals surface area (Å²) in [6.07, 6.45) is 14.3. The summed E-state index contributed by atoms with van der Waals surface area (Å²) < 4.78 is 0. The van der Waals surface area contributed by atoms with E-state index in [0.717, 1.165) is 82.1 Å². The smallest absolute Gasteiger partial charge is 0.333 e. The monoisotopic (exact) mass is 420 g/mol. The molecular weight excluding hydrogens is 380 g/mol. The molecule has 170 valence electrons. The number of hydrogen-bond donors (Lipinski definition) is 2. The number of carbonyl (C=O) groups excluding carboxylic acids is 2. The first-order chi connectivity index (χ1) is 14.4. The first-order valence-corrected chi connectivity index (χ1v) is 12.3. The lowest BCUT2D eigenvalue weighted by atomic mass is 9.92. The molecule has 7 heteroatoms. The normalized spacial score (nSPS) is 28.9. The van der Waals surface area contributed by atoms with E-state index in [2.05, 4.69) is 5.32 Å². The predicted octanol–water partition coefficient (Wildman–Crippen LogP) is 4.84. The molecule has 1 atom stereocenters. The first-order valence-electron chi connectivity index (χ1n) is 12.3. The van der Waals surface area contributed by atoms with Crippen LogP contribution in [0.3, 0.4) is 0 Å². The largest absolute Gasteiger partial charge is 0.343 e. The Morgan fingerprint density at radius 3 is 2.00 bits per heavy atom. The van der Waals surface area contributed by atoms with E-state index >= 15 is 0 Å². The van der Waals surface area contributed by atoms with Crippen LogP contribution in [0.4, 0.5) is 9.59 Å². The van der Waals surface area contributed by atoms with Crippen molar-refractivity contribution in [2.45, 2.75) is 134 Å². The zero-order valence-electron chi connectivity index (χ0n) is 18.8. The van der Waals surface area contributed by atoms with Crippen molar-refractivity contribution in [1.29, 1.82) is 0 Å². The van der Waals surface area contributed by atoms with E-state index in [9.17, 15) is 14.8 Å². The molecule has 0 radical (unpaired) electrons. The number of nitrogens with zero attached hydrogens (tertiary/aromatic N) is 3. The van der Waals surface area contributed by atoms with E-state index in [1.807, 2.05) is 23.6 Å². The van der Waals surface area contributed by atoms with Gasteiger partial charge in [-0.3, -0.25) is 10.1 Å². The van der Waals surface area contributed by atoms with E-state index in [4.69, 9.17) is 0 Å². The van der Waals surface area contributed by atoms with E-state index in [-0.39, 0.29) is 24.2 Å². The van der Waals surface area contributed by atoms with Gasteiger partial charge in [-0.05, 0) is 52.4 Å². The average molecular weight is 421 g/mol. The Balaban J connectivity index is 1.58. The second kappa shape index (κ2) is 8.93. The molecule has 1 heterocycles. The highest BCUT2D eigenvalue weighted by atomic mass is 16.5. The zero-order chi connectivity index (χ0) is 21.3. The van der Waals surface area contributed by atoms with Crippen LogP contribution in [0.15, 0.2) is 0 Å². The van der Waals surface area contributed by atoms with Crippen LogP contribution in [-0.2, 0) is 0 Å². The molecule has 0 spiro atoms. The standard InChI is InChI=1S/C23H40N4O3/c1-23(2)20(27(30)21(28)24-17-11-5-3-6-12-17)25(18-13-7-4-8-14-18)22(29)26(23)19-15-9-10-16-19/h17-20,30H,3-16H2,1-2H3,(H,24,28). The van der Waals surface area contributed by atoms with Gasteiger partial charge in [0.05, 0.1) is 5.54 Å². The van der Waals surface area contributed by atoms with Crippen molar-refractivity contribution in [3.63, 3.8) is 0 Å². The van der Waals surface area contributed by atoms with Crippen molar-refractivity contribution >= 4 is 12.1 Å². The van der Waals surface area contributed by atoms with Crippen LogP contribution < -0.4 is 5.32 Å². The van der Waals surface area contributed by atoms with Gasteiger partial charge in [-0.25, -0.2) is 9.59 Å². The van der Waals surface area contributed by atoms with Crippen molar-refractivity contribution in [1.82, 2.24) is 20.2 Å². The maximum atomic E-state index is 13.7. The third kappa shape index (κ3) is 4.02. The molecule has 1 unspecified atom stereocenters. The highest BCUT2D eigenvalue weighted by molar-refractivity contribution is 5.82. The van der Waals surface area contributed by atoms with Gasteiger partial charge in [0.2, 0.25) is 0 Å². The number of nitrogens with one attached hydrogen (secondary N) is 1. The number of urea groups is 2. The molecule has 2 N–H and O–H groups in total. The molecule has 4 aliphatic rings. The van der Waals surface area contributed by atoms with Crippen LogP contribution in [0.1, 0.15) is 104 Å². The number of rotatable bonds is 4. The van der Waals surface area contributed by atoms with Gasteiger partial charge >= 0.3 is 12.1 Å². The fraction of sp³-hybridized carbons (Fsp3) is 0.913. The Hall–Kier alpha value is -1.50. The predicted molar refractivity (Wildman–Crippen MR) is 115 cm³/mol. The van der Waals surface area contributed by atoms with Crippen molar-refractivity contribution in [3.8, 4) is 0 Å². The maximum Gasteiger partial charge on any atom is 0.343 e. The van der Waals surface area contributed by atoms with Gasteiger partial charge in [0, 0.05) is 18.1 Å². The lowest BCUT2D eigenvalue weighted by molar-refractivity contribution is -0.142. The van der Waals surface area contributed by atoms with Crippen molar-refractivity contribution in [2.75, 3.05) is 0 Å². The molecular formula is C23H40N4O3. The number of carbonyl (C=O) groups is 2. The quantitative estimate of drug-likeness (QED) is 0.505. The minimum Gasteiger partial charge on any atom is -0.333 e. The second-order valence-corrected chi connectivity index (χ2v) is 10.4. The number of hydroxylamine groups is 2. The molecule has 30 heavy (non-hydrogen) atoms. The van der Waals surface area contributed by atoms with E-state index in [0.29, 0.717) is 0 Å². The molecule has 3 saturated carbocycles. The summed E-state index contributed by atoms with van der Waals surface area (Å²) in [6.45, 7) is 4.04. The van der Waals surface area contributed by atoms with Crippen molar-refractivity contribution < 1.29 is 14.8 Å². The molecule has 0 aromatic carbocycles. The highest BCUT2D eigenvalue weighted by Gasteiger charge is 2.59. The average Bonchev–Trinajstić information content (AvgIpc) is 3.32. The topological polar surface area (TPSA) is 76.1 Å². The SMILES string of the molecule is CC1(C)C(N(O)C(=O)NC2CCCCC2)N(C2CCCCC2)C(=O)N1C1CCCC1. The van der Waals surface area contributed by atoms with Gasteiger partial charge in [-0.2, -0.15) is 5.06 Å². The minimum absolute atomic E-state index is 0.00770. The number of amides is 4. The molecule has 0 aromatic rings. The molecule has 4 amide bonds. The maximum absolute atomic E-state index is 13.7. The van der Waals surface area contributed by atoms with Gasteiger partial charge in [0.25, 0.3) is 0 Å². The molecule has 1 aliphatic heterocycles. The van der Waals surface area contributed by atoms with Crippen molar-refractivity contribution in [2.24, 2.45) is 0 Å². The fourth-order valence-corrected chi connectivity index (χ4v) is 6.46. The van der Waals surface area contributed by atoms with Crippen LogP contribution in [-0.4, -0.2) is 62.0 Å². The number of hydrogen-bond acceptors (Lipinski definition) is 3. The third-order valence-electron chi connectivity index (χ3n) is 7.97. The molecule has 1 saturated heterocycles. The van der Waals surface area contributed by atoms with E-state index in [1.165, 1.54) is 12.8 Å². The molecule has 0 bridgehead atoms.